The minimum atomic E-state index is 0.742. The summed E-state index contributed by atoms with van der Waals surface area (Å²) in [6.07, 6.45) is 7.66. The van der Waals surface area contributed by atoms with Gasteiger partial charge in [0, 0.05) is 0 Å². The lowest BCUT2D eigenvalue weighted by molar-refractivity contribution is 0.370. The van der Waals surface area contributed by atoms with E-state index in [1.165, 1.54) is 36.8 Å². The van der Waals surface area contributed by atoms with Crippen LogP contribution in [0, 0.1) is 12.8 Å². The van der Waals surface area contributed by atoms with Crippen molar-refractivity contribution in [3.8, 4) is 0 Å². The molecule has 0 fully saturated rings. The standard InChI is InChI=1S/C20H30/c1-14(2)7-6-8-16(4)19-12-10-17(5)18-11-9-15(3)13-20(18)19/h7,9,11,13,16-17,19H,6,8,10,12H2,1-5H3/t16-,17+,19-/m0/s1. The molecule has 0 aromatic heterocycles. The molecule has 0 heteroatoms. The molecule has 2 rings (SSSR count). The molecule has 0 unspecified atom stereocenters. The van der Waals surface area contributed by atoms with Gasteiger partial charge in [0.2, 0.25) is 0 Å². The van der Waals surface area contributed by atoms with Gasteiger partial charge < -0.3 is 0 Å². The Morgan fingerprint density at radius 3 is 2.70 bits per heavy atom. The van der Waals surface area contributed by atoms with E-state index >= 15 is 0 Å². The quantitative estimate of drug-likeness (QED) is 0.558. The summed E-state index contributed by atoms with van der Waals surface area (Å²) in [5.74, 6) is 2.30. The van der Waals surface area contributed by atoms with Crippen molar-refractivity contribution in [2.75, 3.05) is 0 Å². The van der Waals surface area contributed by atoms with Crippen molar-refractivity contribution in [1.29, 1.82) is 0 Å². The highest BCUT2D eigenvalue weighted by Gasteiger charge is 2.28. The van der Waals surface area contributed by atoms with Crippen LogP contribution in [0.2, 0.25) is 0 Å². The van der Waals surface area contributed by atoms with Crippen LogP contribution < -0.4 is 0 Å². The van der Waals surface area contributed by atoms with Crippen LogP contribution in [-0.4, -0.2) is 0 Å². The molecule has 0 aliphatic heterocycles. The first-order chi connectivity index (χ1) is 9.49. The van der Waals surface area contributed by atoms with E-state index in [0.29, 0.717) is 0 Å². The number of hydrogen-bond acceptors (Lipinski definition) is 0. The summed E-state index contributed by atoms with van der Waals surface area (Å²) >= 11 is 0. The third kappa shape index (κ3) is 3.53. The molecule has 0 saturated carbocycles. The van der Waals surface area contributed by atoms with Crippen molar-refractivity contribution in [1.82, 2.24) is 0 Å². The Kier molecular flexibility index (Phi) is 5.07. The van der Waals surface area contributed by atoms with Gasteiger partial charge in [-0.15, -0.1) is 0 Å². The number of hydrogen-bond donors (Lipinski definition) is 0. The molecular formula is C20H30. The molecule has 1 aromatic rings. The van der Waals surface area contributed by atoms with Crippen LogP contribution in [-0.2, 0) is 0 Å². The molecule has 1 aliphatic carbocycles. The average molecular weight is 270 g/mol. The molecule has 1 aromatic carbocycles. The molecule has 0 radical (unpaired) electrons. The van der Waals surface area contributed by atoms with Gasteiger partial charge in [0.05, 0.1) is 0 Å². The number of benzene rings is 1. The Labute approximate surface area is 125 Å². The van der Waals surface area contributed by atoms with Crippen LogP contribution in [0.5, 0.6) is 0 Å². The summed E-state index contributed by atoms with van der Waals surface area (Å²) in [5.41, 5.74) is 6.12. The lowest BCUT2D eigenvalue weighted by Crippen LogP contribution is -2.18. The summed E-state index contributed by atoms with van der Waals surface area (Å²) in [7, 11) is 0. The van der Waals surface area contributed by atoms with E-state index in [1.807, 2.05) is 0 Å². The molecule has 110 valence electrons. The van der Waals surface area contributed by atoms with Crippen LogP contribution >= 0.6 is 0 Å². The summed E-state index contributed by atoms with van der Waals surface area (Å²) in [5, 5.41) is 0. The van der Waals surface area contributed by atoms with Crippen molar-refractivity contribution in [2.45, 2.75) is 72.1 Å². The molecule has 20 heavy (non-hydrogen) atoms. The van der Waals surface area contributed by atoms with Gasteiger partial charge in [0.1, 0.15) is 0 Å². The molecule has 0 amide bonds. The Balaban J connectivity index is 2.15. The van der Waals surface area contributed by atoms with Crippen LogP contribution in [0.15, 0.2) is 29.8 Å². The van der Waals surface area contributed by atoms with Gasteiger partial charge in [-0.05, 0) is 75.3 Å². The maximum absolute atomic E-state index is 2.45. The van der Waals surface area contributed by atoms with Crippen molar-refractivity contribution in [3.05, 3.63) is 46.5 Å². The third-order valence-electron chi connectivity index (χ3n) is 4.94. The number of rotatable bonds is 4. The molecule has 0 heterocycles. The second-order valence-electron chi connectivity index (χ2n) is 7.05. The molecule has 3 atom stereocenters. The predicted molar refractivity (Wildman–Crippen MR) is 89.4 cm³/mol. The second-order valence-corrected chi connectivity index (χ2v) is 7.05. The van der Waals surface area contributed by atoms with Crippen LogP contribution in [0.25, 0.3) is 0 Å². The highest BCUT2D eigenvalue weighted by Crippen LogP contribution is 2.43. The first-order valence-corrected chi connectivity index (χ1v) is 8.23. The zero-order valence-corrected chi connectivity index (χ0v) is 13.9. The highest BCUT2D eigenvalue weighted by atomic mass is 14.3. The number of fused-ring (bicyclic) bond motifs is 1. The third-order valence-corrected chi connectivity index (χ3v) is 4.94. The Morgan fingerprint density at radius 1 is 1.25 bits per heavy atom. The van der Waals surface area contributed by atoms with E-state index in [4.69, 9.17) is 0 Å². The smallest absolute Gasteiger partial charge is 0.0133 e. The lowest BCUT2D eigenvalue weighted by atomic mass is 9.71. The number of aryl methyl sites for hydroxylation is 1. The SMILES string of the molecule is CC(C)=CCC[C@H](C)[C@@H]1CC[C@@H](C)c2ccc(C)cc21. The second kappa shape index (κ2) is 6.61. The van der Waals surface area contributed by atoms with Gasteiger partial charge in [-0.25, -0.2) is 0 Å². The average Bonchev–Trinajstić information content (AvgIpc) is 2.38. The van der Waals surface area contributed by atoms with Crippen LogP contribution in [0.1, 0.15) is 81.9 Å². The molecule has 0 spiro atoms. The lowest BCUT2D eigenvalue weighted by Gasteiger charge is -2.34. The fourth-order valence-electron chi connectivity index (χ4n) is 3.63. The first kappa shape index (κ1) is 15.4. The van der Waals surface area contributed by atoms with E-state index in [9.17, 15) is 0 Å². The predicted octanol–water partition coefficient (Wildman–Crippen LogP) is 6.36. The van der Waals surface area contributed by atoms with E-state index < -0.39 is 0 Å². The van der Waals surface area contributed by atoms with Gasteiger partial charge >= 0.3 is 0 Å². The van der Waals surface area contributed by atoms with Crippen LogP contribution in [0.3, 0.4) is 0 Å². The Hall–Kier alpha value is -1.04. The van der Waals surface area contributed by atoms with Crippen molar-refractivity contribution >= 4 is 0 Å². The molecule has 0 bridgehead atoms. The van der Waals surface area contributed by atoms with Gasteiger partial charge in [-0.3, -0.25) is 0 Å². The molecule has 0 N–H and O–H groups in total. The summed E-state index contributed by atoms with van der Waals surface area (Å²) < 4.78 is 0. The minimum Gasteiger partial charge on any atom is -0.0859 e. The van der Waals surface area contributed by atoms with Gasteiger partial charge in [0.25, 0.3) is 0 Å². The Morgan fingerprint density at radius 2 is 2.00 bits per heavy atom. The zero-order chi connectivity index (χ0) is 14.7. The van der Waals surface area contributed by atoms with E-state index in [2.05, 4.69) is 58.9 Å². The van der Waals surface area contributed by atoms with Crippen LogP contribution in [0.4, 0.5) is 0 Å². The monoisotopic (exact) mass is 270 g/mol. The maximum Gasteiger partial charge on any atom is -0.0133 e. The topological polar surface area (TPSA) is 0 Å². The van der Waals surface area contributed by atoms with Crippen molar-refractivity contribution in [2.24, 2.45) is 5.92 Å². The molecule has 0 saturated heterocycles. The van der Waals surface area contributed by atoms with Gasteiger partial charge in [-0.1, -0.05) is 49.3 Å². The normalized spacial score (nSPS) is 23.1. The van der Waals surface area contributed by atoms with Crippen molar-refractivity contribution < 1.29 is 0 Å². The fraction of sp³-hybridized carbons (Fsp3) is 0.600. The first-order valence-electron chi connectivity index (χ1n) is 8.23. The maximum atomic E-state index is 2.45. The van der Waals surface area contributed by atoms with E-state index in [0.717, 1.165) is 17.8 Å². The largest absolute Gasteiger partial charge is 0.0859 e. The summed E-state index contributed by atoms with van der Waals surface area (Å²) in [6, 6.07) is 7.11. The van der Waals surface area contributed by atoms with Gasteiger partial charge in [-0.2, -0.15) is 0 Å². The highest BCUT2D eigenvalue weighted by molar-refractivity contribution is 5.38. The van der Waals surface area contributed by atoms with Gasteiger partial charge in [0.15, 0.2) is 0 Å². The summed E-state index contributed by atoms with van der Waals surface area (Å²) in [4.78, 5) is 0. The summed E-state index contributed by atoms with van der Waals surface area (Å²) in [6.45, 7) is 11.5. The fourth-order valence-corrected chi connectivity index (χ4v) is 3.63. The van der Waals surface area contributed by atoms with E-state index in [1.54, 1.807) is 11.1 Å². The molecule has 0 nitrogen and oxygen atoms in total. The minimum absolute atomic E-state index is 0.742. The van der Waals surface area contributed by atoms with Crippen molar-refractivity contribution in [3.63, 3.8) is 0 Å². The molecule has 1 aliphatic rings. The molecular weight excluding hydrogens is 240 g/mol. The zero-order valence-electron chi connectivity index (χ0n) is 13.9. The Bertz CT molecular complexity index is 477. The number of allylic oxidation sites excluding steroid dienone is 2. The van der Waals surface area contributed by atoms with E-state index in [-0.39, 0.29) is 0 Å².